The fraction of sp³-hybridized carbons (Fsp3) is 0.263. The second-order valence-corrected chi connectivity index (χ2v) is 6.83. The summed E-state index contributed by atoms with van der Waals surface area (Å²) in [5.74, 6) is -0.311. The number of benzene rings is 1. The van der Waals surface area contributed by atoms with E-state index in [0.29, 0.717) is 0 Å². The normalized spacial score (nSPS) is 20.9. The molecule has 0 saturated heterocycles. The van der Waals surface area contributed by atoms with Crippen molar-refractivity contribution in [3.63, 3.8) is 0 Å². The van der Waals surface area contributed by atoms with Gasteiger partial charge in [-0.1, -0.05) is 18.2 Å². The molecule has 0 spiro atoms. The summed E-state index contributed by atoms with van der Waals surface area (Å²) in [6, 6.07) is 8.84. The van der Waals surface area contributed by atoms with Crippen LogP contribution in [0.5, 0.6) is 5.75 Å². The zero-order chi connectivity index (χ0) is 16.6. The molecule has 24 heavy (non-hydrogen) atoms. The molecule has 5 rings (SSSR count). The van der Waals surface area contributed by atoms with Crippen molar-refractivity contribution in [2.45, 2.75) is 31.6 Å². The van der Waals surface area contributed by atoms with Gasteiger partial charge in [0.1, 0.15) is 11.1 Å². The first-order valence-corrected chi connectivity index (χ1v) is 8.07. The van der Waals surface area contributed by atoms with Gasteiger partial charge in [0.2, 0.25) is 0 Å². The van der Waals surface area contributed by atoms with Crippen molar-refractivity contribution in [3.8, 4) is 11.4 Å². The topological polar surface area (TPSA) is 72.4 Å². The SMILES string of the molecule is CC12CCCc3c1n(c(=O)c1c(O)cc(=O)oc31)-c1ccccc12. The highest BCUT2D eigenvalue weighted by molar-refractivity contribution is 5.87. The van der Waals surface area contributed by atoms with Crippen molar-refractivity contribution in [2.75, 3.05) is 0 Å². The van der Waals surface area contributed by atoms with E-state index in [0.717, 1.165) is 47.8 Å². The minimum absolute atomic E-state index is 0.0919. The van der Waals surface area contributed by atoms with Crippen LogP contribution in [0.15, 0.2) is 44.3 Å². The second kappa shape index (κ2) is 4.17. The van der Waals surface area contributed by atoms with Crippen LogP contribution in [-0.4, -0.2) is 9.67 Å². The molecule has 2 aromatic heterocycles. The van der Waals surface area contributed by atoms with Crippen LogP contribution >= 0.6 is 0 Å². The average Bonchev–Trinajstić information content (AvgIpc) is 2.82. The molecule has 2 aliphatic rings. The first kappa shape index (κ1) is 13.6. The van der Waals surface area contributed by atoms with Crippen molar-refractivity contribution in [2.24, 2.45) is 0 Å². The summed E-state index contributed by atoms with van der Waals surface area (Å²) in [4.78, 5) is 24.9. The molecular formula is C19H15NO4. The van der Waals surface area contributed by atoms with Gasteiger partial charge in [-0.2, -0.15) is 0 Å². The van der Waals surface area contributed by atoms with Crippen LogP contribution in [-0.2, 0) is 11.8 Å². The van der Waals surface area contributed by atoms with Crippen molar-refractivity contribution >= 4 is 11.0 Å². The zero-order valence-electron chi connectivity index (χ0n) is 13.1. The zero-order valence-corrected chi connectivity index (χ0v) is 13.1. The third-order valence-electron chi connectivity index (χ3n) is 5.51. The molecule has 1 aliphatic carbocycles. The lowest BCUT2D eigenvalue weighted by atomic mass is 9.71. The first-order valence-electron chi connectivity index (χ1n) is 8.07. The molecule has 5 heteroatoms. The maximum absolute atomic E-state index is 13.1. The van der Waals surface area contributed by atoms with Crippen LogP contribution in [0.25, 0.3) is 16.7 Å². The van der Waals surface area contributed by atoms with Gasteiger partial charge in [-0.15, -0.1) is 0 Å². The number of nitrogens with zero attached hydrogens (tertiary/aromatic N) is 1. The number of fused-ring (bicyclic) bond motifs is 5. The van der Waals surface area contributed by atoms with E-state index in [9.17, 15) is 14.7 Å². The standard InChI is InChI=1S/C19H15NO4/c1-19-8-4-5-10-16-15(13(21)9-14(22)24-16)18(23)20(17(10)19)12-7-3-2-6-11(12)19/h2-3,6-7,9,21H,4-5,8H2,1H3. The van der Waals surface area contributed by atoms with Crippen molar-refractivity contribution in [3.05, 3.63) is 67.9 Å². The van der Waals surface area contributed by atoms with Gasteiger partial charge >= 0.3 is 5.63 Å². The van der Waals surface area contributed by atoms with Gasteiger partial charge in [0.05, 0.1) is 11.8 Å². The smallest absolute Gasteiger partial charge is 0.339 e. The molecule has 0 radical (unpaired) electrons. The highest BCUT2D eigenvalue weighted by atomic mass is 16.4. The molecular weight excluding hydrogens is 306 g/mol. The third-order valence-corrected chi connectivity index (χ3v) is 5.51. The largest absolute Gasteiger partial charge is 0.507 e. The summed E-state index contributed by atoms with van der Waals surface area (Å²) in [5, 5.41) is 10.3. The monoisotopic (exact) mass is 321 g/mol. The minimum Gasteiger partial charge on any atom is -0.507 e. The number of para-hydroxylation sites is 1. The summed E-state index contributed by atoms with van der Waals surface area (Å²) in [7, 11) is 0. The first-order chi connectivity index (χ1) is 11.5. The Labute approximate surface area is 136 Å². The van der Waals surface area contributed by atoms with Crippen molar-refractivity contribution in [1.29, 1.82) is 0 Å². The van der Waals surface area contributed by atoms with Gasteiger partial charge in [0.25, 0.3) is 5.56 Å². The molecule has 0 fully saturated rings. The van der Waals surface area contributed by atoms with E-state index in [1.54, 1.807) is 4.57 Å². The molecule has 120 valence electrons. The molecule has 1 unspecified atom stereocenters. The van der Waals surface area contributed by atoms with Gasteiger partial charge in [-0.05, 0) is 37.8 Å². The fourth-order valence-corrected chi connectivity index (χ4v) is 4.53. The van der Waals surface area contributed by atoms with Crippen LogP contribution in [0.3, 0.4) is 0 Å². The van der Waals surface area contributed by atoms with E-state index in [-0.39, 0.29) is 27.7 Å². The molecule has 0 bridgehead atoms. The van der Waals surface area contributed by atoms with Crippen LogP contribution in [0.4, 0.5) is 0 Å². The quantitative estimate of drug-likeness (QED) is 0.691. The van der Waals surface area contributed by atoms with E-state index in [2.05, 4.69) is 13.0 Å². The summed E-state index contributed by atoms with van der Waals surface area (Å²) < 4.78 is 7.07. The fourth-order valence-electron chi connectivity index (χ4n) is 4.53. The predicted molar refractivity (Wildman–Crippen MR) is 89.1 cm³/mol. The van der Waals surface area contributed by atoms with Crippen LogP contribution in [0.2, 0.25) is 0 Å². The molecule has 1 aromatic carbocycles. The Morgan fingerprint density at radius 3 is 2.88 bits per heavy atom. The number of pyridine rings is 1. The minimum atomic E-state index is -0.636. The van der Waals surface area contributed by atoms with E-state index in [1.165, 1.54) is 0 Å². The number of hydrogen-bond donors (Lipinski definition) is 1. The van der Waals surface area contributed by atoms with Gasteiger partial charge in [-0.3, -0.25) is 9.36 Å². The molecule has 5 nitrogen and oxygen atoms in total. The van der Waals surface area contributed by atoms with Crippen LogP contribution < -0.4 is 11.2 Å². The predicted octanol–water partition coefficient (Wildman–Crippen LogP) is 2.61. The average molecular weight is 321 g/mol. The highest BCUT2D eigenvalue weighted by Gasteiger charge is 2.45. The number of hydrogen-bond acceptors (Lipinski definition) is 4. The number of aromatic nitrogens is 1. The van der Waals surface area contributed by atoms with E-state index in [4.69, 9.17) is 4.42 Å². The summed E-state index contributed by atoms with van der Waals surface area (Å²) >= 11 is 0. The molecule has 1 aliphatic heterocycles. The number of rotatable bonds is 0. The molecule has 0 saturated carbocycles. The summed E-state index contributed by atoms with van der Waals surface area (Å²) in [5.41, 5.74) is 2.74. The Balaban J connectivity index is 2.10. The van der Waals surface area contributed by atoms with Crippen molar-refractivity contribution in [1.82, 2.24) is 4.57 Å². The Morgan fingerprint density at radius 1 is 1.25 bits per heavy atom. The number of aryl methyl sites for hydroxylation is 1. The maximum Gasteiger partial charge on any atom is 0.339 e. The van der Waals surface area contributed by atoms with Gasteiger partial charge in [0.15, 0.2) is 5.58 Å². The van der Waals surface area contributed by atoms with E-state index >= 15 is 0 Å². The lowest BCUT2D eigenvalue weighted by molar-refractivity contribution is 0.447. The Kier molecular flexibility index (Phi) is 2.37. The third kappa shape index (κ3) is 1.40. The maximum atomic E-state index is 13.1. The highest BCUT2D eigenvalue weighted by Crippen LogP contribution is 2.50. The van der Waals surface area contributed by atoms with Gasteiger partial charge < -0.3 is 9.52 Å². The molecule has 3 aromatic rings. The van der Waals surface area contributed by atoms with E-state index < -0.39 is 5.63 Å². The van der Waals surface area contributed by atoms with Crippen LogP contribution in [0.1, 0.15) is 36.6 Å². The van der Waals surface area contributed by atoms with E-state index in [1.807, 2.05) is 18.2 Å². The number of aromatic hydroxyl groups is 1. The Morgan fingerprint density at radius 2 is 2.04 bits per heavy atom. The molecule has 0 amide bonds. The Hall–Kier alpha value is -2.82. The van der Waals surface area contributed by atoms with Gasteiger partial charge in [-0.25, -0.2) is 4.79 Å². The second-order valence-electron chi connectivity index (χ2n) is 6.83. The lowest BCUT2D eigenvalue weighted by Crippen LogP contribution is -2.31. The van der Waals surface area contributed by atoms with Crippen molar-refractivity contribution < 1.29 is 9.52 Å². The van der Waals surface area contributed by atoms with Gasteiger partial charge in [0, 0.05) is 16.7 Å². The van der Waals surface area contributed by atoms with Crippen LogP contribution in [0, 0.1) is 0 Å². The lowest BCUT2D eigenvalue weighted by Gasteiger charge is -2.32. The molecule has 1 N–H and O–H groups in total. The molecule has 1 atom stereocenters. The summed E-state index contributed by atoms with van der Waals surface area (Å²) in [6.45, 7) is 2.14. The molecule has 3 heterocycles. The summed E-state index contributed by atoms with van der Waals surface area (Å²) in [6.07, 6.45) is 2.59. The Bertz CT molecular complexity index is 1150.